The third kappa shape index (κ3) is 3.32. The summed E-state index contributed by atoms with van der Waals surface area (Å²) in [6, 6.07) is -0.187. The average Bonchev–Trinajstić information content (AvgIpc) is 2.80. The first-order valence-corrected chi connectivity index (χ1v) is 14.6. The third-order valence-corrected chi connectivity index (χ3v) is 13.5. The maximum absolute atomic E-state index is 14.4. The van der Waals surface area contributed by atoms with Crippen molar-refractivity contribution in [3.05, 3.63) is 16.6 Å². The van der Waals surface area contributed by atoms with Crippen molar-refractivity contribution in [2.75, 3.05) is 7.05 Å². The largest absolute Gasteiger partial charge is 0.295 e. The van der Waals surface area contributed by atoms with Gasteiger partial charge in [0.05, 0.1) is 6.04 Å². The van der Waals surface area contributed by atoms with Crippen molar-refractivity contribution >= 4 is 11.7 Å². The highest BCUT2D eigenvalue weighted by Crippen LogP contribution is 2.75. The van der Waals surface area contributed by atoms with Crippen LogP contribution in [0.2, 0.25) is 0 Å². The zero-order valence-electron chi connectivity index (χ0n) is 24.3. The Morgan fingerprint density at radius 3 is 2.24 bits per heavy atom. The fourth-order valence-corrected chi connectivity index (χ4v) is 10.9. The number of fused-ring (bicyclic) bond motifs is 7. The number of ketones is 1. The van der Waals surface area contributed by atoms with Gasteiger partial charge in [-0.05, 0) is 103 Å². The van der Waals surface area contributed by atoms with Crippen molar-refractivity contribution in [2.45, 2.75) is 112 Å². The Hall–Kier alpha value is -1.56. The molecule has 0 aromatic heterocycles. The number of hydrogen-bond donors (Lipinski definition) is 1. The maximum atomic E-state index is 14.4. The van der Waals surface area contributed by atoms with Gasteiger partial charge in [-0.15, -0.1) is 0 Å². The molecule has 0 heterocycles. The van der Waals surface area contributed by atoms with Gasteiger partial charge < -0.3 is 0 Å². The number of amides is 1. The van der Waals surface area contributed by atoms with E-state index in [1.807, 2.05) is 13.0 Å². The van der Waals surface area contributed by atoms with Crippen LogP contribution in [0.5, 0.6) is 0 Å². The summed E-state index contributed by atoms with van der Waals surface area (Å²) in [7, 11) is 1.43. The number of nitroso groups, excluding NO2 is 1. The molecule has 1 amide bonds. The number of hydroxylamine groups is 2. The van der Waals surface area contributed by atoms with Crippen LogP contribution in [0.15, 0.2) is 16.8 Å². The topological polar surface area (TPSA) is 87.0 Å². The lowest BCUT2D eigenvalue weighted by Crippen LogP contribution is -2.66. The van der Waals surface area contributed by atoms with Crippen LogP contribution in [0.3, 0.4) is 0 Å². The molecule has 0 aromatic rings. The van der Waals surface area contributed by atoms with Gasteiger partial charge in [0.1, 0.15) is 0 Å². The van der Waals surface area contributed by atoms with Crippen LogP contribution in [0.4, 0.5) is 0 Å². The van der Waals surface area contributed by atoms with E-state index in [9.17, 15) is 19.7 Å². The van der Waals surface area contributed by atoms with E-state index in [0.29, 0.717) is 12.3 Å². The van der Waals surface area contributed by atoms with Crippen LogP contribution in [0, 0.1) is 55.2 Å². The van der Waals surface area contributed by atoms with Gasteiger partial charge >= 0.3 is 0 Å². The van der Waals surface area contributed by atoms with Crippen LogP contribution < -0.4 is 0 Å². The van der Waals surface area contributed by atoms with Gasteiger partial charge in [-0.1, -0.05) is 59.2 Å². The minimum absolute atomic E-state index is 0.0658. The highest BCUT2D eigenvalue weighted by atomic mass is 16.5. The summed E-state index contributed by atoms with van der Waals surface area (Å²) in [5, 5.41) is 14.3. The van der Waals surface area contributed by atoms with E-state index in [-0.39, 0.29) is 56.6 Å². The van der Waals surface area contributed by atoms with E-state index in [0.717, 1.165) is 56.4 Å². The Labute approximate surface area is 222 Å². The molecule has 0 aliphatic heterocycles. The lowest BCUT2D eigenvalue weighted by molar-refractivity contribution is -0.190. The standard InChI is InChI=1S/C31H48N2O4/c1-26(2)22-9-12-31(7)24(29(22,5)11-10-23(26)32-36)21(34)17-19-20-18-28(4,25(35)33(8)37)14-13-27(20,3)15-16-30(19,31)6/h17,20,22-24,37H,9-16,18H2,1-8H3/t20?,22?,23?,24?,27-,28+,29+,30-,31-/m1/s1. The summed E-state index contributed by atoms with van der Waals surface area (Å²) < 4.78 is 0. The Morgan fingerprint density at radius 1 is 0.973 bits per heavy atom. The average molecular weight is 513 g/mol. The number of hydrogen-bond acceptors (Lipinski definition) is 5. The summed E-state index contributed by atoms with van der Waals surface area (Å²) >= 11 is 0. The lowest BCUT2D eigenvalue weighted by atomic mass is 9.33. The van der Waals surface area contributed by atoms with Crippen molar-refractivity contribution in [1.82, 2.24) is 5.06 Å². The Morgan fingerprint density at radius 2 is 1.62 bits per heavy atom. The van der Waals surface area contributed by atoms with Crippen molar-refractivity contribution < 1.29 is 14.8 Å². The number of carbonyl (C=O) groups is 2. The summed E-state index contributed by atoms with van der Waals surface area (Å²) in [4.78, 5) is 39.2. The molecule has 37 heavy (non-hydrogen) atoms. The van der Waals surface area contributed by atoms with Gasteiger partial charge in [-0.3, -0.25) is 14.8 Å². The molecule has 6 heteroatoms. The van der Waals surface area contributed by atoms with E-state index in [2.05, 4.69) is 46.7 Å². The van der Waals surface area contributed by atoms with Gasteiger partial charge in [-0.2, -0.15) is 4.91 Å². The molecule has 4 saturated carbocycles. The van der Waals surface area contributed by atoms with E-state index in [4.69, 9.17) is 0 Å². The van der Waals surface area contributed by atoms with Gasteiger partial charge in [0.15, 0.2) is 5.78 Å². The van der Waals surface area contributed by atoms with Crippen molar-refractivity contribution in [1.29, 1.82) is 0 Å². The lowest BCUT2D eigenvalue weighted by Gasteiger charge is -2.70. The van der Waals surface area contributed by atoms with Crippen LogP contribution in [-0.4, -0.2) is 35.1 Å². The van der Waals surface area contributed by atoms with E-state index >= 15 is 0 Å². The van der Waals surface area contributed by atoms with Crippen LogP contribution in [-0.2, 0) is 9.59 Å². The number of nitrogens with zero attached hydrogens (tertiary/aromatic N) is 2. The normalized spacial score (nSPS) is 50.5. The molecule has 0 bridgehead atoms. The molecule has 4 fully saturated rings. The molecule has 4 unspecified atom stereocenters. The molecule has 5 aliphatic rings. The molecule has 9 atom stereocenters. The SMILES string of the molecule is CN(O)C(=O)[C@@]1(C)CC[C@]2(C)CC[C@]3(C)C(=CC(=O)C4[C@@]5(C)CCC(N=O)C(C)(C)C5CC[C@]43C)C2C1. The predicted molar refractivity (Wildman–Crippen MR) is 144 cm³/mol. The van der Waals surface area contributed by atoms with Gasteiger partial charge in [0.2, 0.25) is 0 Å². The molecule has 0 spiro atoms. The third-order valence-electron chi connectivity index (χ3n) is 13.5. The van der Waals surface area contributed by atoms with Crippen molar-refractivity contribution in [3.63, 3.8) is 0 Å². The Bertz CT molecular complexity index is 1070. The smallest absolute Gasteiger partial charge is 0.251 e. The molecule has 0 radical (unpaired) electrons. The minimum atomic E-state index is -0.624. The number of rotatable bonds is 2. The fraction of sp³-hybridized carbons (Fsp3) is 0.871. The second kappa shape index (κ2) is 7.99. The van der Waals surface area contributed by atoms with E-state index in [1.165, 1.54) is 12.6 Å². The second-order valence-corrected chi connectivity index (χ2v) is 15.6. The summed E-state index contributed by atoms with van der Waals surface area (Å²) in [5.41, 5.74) is 0.0740. The molecule has 1 N–H and O–H groups in total. The second-order valence-electron chi connectivity index (χ2n) is 15.6. The van der Waals surface area contributed by atoms with Gasteiger partial charge in [-0.25, -0.2) is 5.06 Å². The van der Waals surface area contributed by atoms with Crippen LogP contribution in [0.1, 0.15) is 106 Å². The first-order chi connectivity index (χ1) is 17.0. The molecule has 0 aromatic carbocycles. The molecular formula is C31H48N2O4. The molecule has 5 aliphatic carbocycles. The molecule has 6 nitrogen and oxygen atoms in total. The zero-order chi connectivity index (χ0) is 27.4. The highest BCUT2D eigenvalue weighted by Gasteiger charge is 2.70. The maximum Gasteiger partial charge on any atom is 0.251 e. The molecule has 5 rings (SSSR count). The van der Waals surface area contributed by atoms with Crippen LogP contribution >= 0.6 is 0 Å². The Kier molecular flexibility index (Phi) is 5.83. The highest BCUT2D eigenvalue weighted by molar-refractivity contribution is 5.95. The van der Waals surface area contributed by atoms with E-state index < -0.39 is 5.41 Å². The quantitative estimate of drug-likeness (QED) is 0.246. The van der Waals surface area contributed by atoms with Crippen molar-refractivity contribution in [3.8, 4) is 0 Å². The first kappa shape index (κ1) is 27.0. The van der Waals surface area contributed by atoms with E-state index in [1.54, 1.807) is 0 Å². The van der Waals surface area contributed by atoms with Gasteiger partial charge in [0.25, 0.3) is 5.91 Å². The van der Waals surface area contributed by atoms with Gasteiger partial charge in [0, 0.05) is 18.4 Å². The summed E-state index contributed by atoms with van der Waals surface area (Å²) in [6.45, 7) is 15.9. The molecular weight excluding hydrogens is 464 g/mol. The zero-order valence-corrected chi connectivity index (χ0v) is 24.3. The molecule has 0 saturated heterocycles. The predicted octanol–water partition coefficient (Wildman–Crippen LogP) is 6.95. The molecule has 206 valence electrons. The summed E-state index contributed by atoms with van der Waals surface area (Å²) in [5.74, 6) is 0.431. The Balaban J connectivity index is 1.60. The number of allylic oxidation sites excluding steroid dienone is 2. The van der Waals surface area contributed by atoms with Crippen LogP contribution in [0.25, 0.3) is 0 Å². The van der Waals surface area contributed by atoms with Crippen molar-refractivity contribution in [2.24, 2.45) is 55.4 Å². The first-order valence-electron chi connectivity index (χ1n) is 14.6. The monoisotopic (exact) mass is 512 g/mol. The summed E-state index contributed by atoms with van der Waals surface area (Å²) in [6.07, 6.45) is 10.2. The minimum Gasteiger partial charge on any atom is -0.295 e. The fourth-order valence-electron chi connectivity index (χ4n) is 10.9. The number of carbonyl (C=O) groups excluding carboxylic acids is 2.